The van der Waals surface area contributed by atoms with Gasteiger partial charge in [0.2, 0.25) is 11.8 Å². The Balaban J connectivity index is 2.37. The molecule has 0 aliphatic heterocycles. The first-order valence-corrected chi connectivity index (χ1v) is 4.87. The highest BCUT2D eigenvalue weighted by atomic mass is 32.1. The van der Waals surface area contributed by atoms with Crippen LogP contribution in [-0.2, 0) is 0 Å². The first kappa shape index (κ1) is 10.2. The number of aromatic hydroxyl groups is 2. The summed E-state index contributed by atoms with van der Waals surface area (Å²) in [5.74, 6) is -0.248. The van der Waals surface area contributed by atoms with Crippen molar-refractivity contribution in [2.24, 2.45) is 0 Å². The molecule has 0 amide bonds. The Bertz CT molecular complexity index is 409. The Morgan fingerprint density at radius 2 is 1.27 bits per heavy atom. The third kappa shape index (κ3) is 1.75. The minimum absolute atomic E-state index is 0.124. The van der Waals surface area contributed by atoms with Gasteiger partial charge in [-0.2, -0.15) is 0 Å². The van der Waals surface area contributed by atoms with Crippen LogP contribution >= 0.6 is 25.3 Å². The molecular weight excluding hydrogens is 236 g/mol. The summed E-state index contributed by atoms with van der Waals surface area (Å²) in [5.41, 5.74) is 0. The van der Waals surface area contributed by atoms with Crippen molar-refractivity contribution in [1.29, 1.82) is 0 Å². The lowest BCUT2D eigenvalue weighted by atomic mass is 10.7. The molecule has 2 rings (SSSR count). The van der Waals surface area contributed by atoms with Crippen LogP contribution in [0.5, 0.6) is 11.8 Å². The van der Waals surface area contributed by atoms with Crippen molar-refractivity contribution in [3.8, 4) is 11.8 Å². The number of hydrogen-bond acceptors (Lipinski definition) is 5. The first-order chi connectivity index (χ1) is 7.09. The molecule has 0 aliphatic carbocycles. The van der Waals surface area contributed by atoms with Crippen molar-refractivity contribution in [2.45, 2.75) is 10.1 Å². The van der Waals surface area contributed by atoms with Crippen LogP contribution in [0.15, 0.2) is 34.3 Å². The number of nitrogens with zero attached hydrogens (tertiary/aromatic N) is 2. The Morgan fingerprint density at radius 1 is 0.867 bits per heavy atom. The van der Waals surface area contributed by atoms with Gasteiger partial charge in [0.15, 0.2) is 0 Å². The fourth-order valence-corrected chi connectivity index (χ4v) is 1.48. The van der Waals surface area contributed by atoms with E-state index >= 15 is 0 Å². The minimum Gasteiger partial charge on any atom is -0.492 e. The van der Waals surface area contributed by atoms with Gasteiger partial charge >= 0.3 is 0 Å². The van der Waals surface area contributed by atoms with Crippen molar-refractivity contribution in [1.82, 2.24) is 9.46 Å². The van der Waals surface area contributed by atoms with Crippen molar-refractivity contribution in [2.75, 3.05) is 0 Å². The fraction of sp³-hybridized carbons (Fsp3) is 0. The zero-order valence-corrected chi connectivity index (χ0v) is 9.19. The zero-order chi connectivity index (χ0) is 11.0. The summed E-state index contributed by atoms with van der Waals surface area (Å²) in [4.78, 5) is 5.16. The van der Waals surface area contributed by atoms with Gasteiger partial charge in [0.25, 0.3) is 0 Å². The lowest BCUT2D eigenvalue weighted by molar-refractivity contribution is -0.0131. The van der Waals surface area contributed by atoms with E-state index in [1.807, 2.05) is 0 Å². The van der Waals surface area contributed by atoms with E-state index in [2.05, 4.69) is 25.3 Å². The molecule has 0 saturated carbocycles. The van der Waals surface area contributed by atoms with E-state index in [-0.39, 0.29) is 11.8 Å². The standard InChI is InChI=1S/C8H8N2O3S2/c11-5-1-3-7(14)9(5)13-10-6(12)2-4-8(10)15/h1-4,11-12,14-15H. The second-order valence-electron chi connectivity index (χ2n) is 2.77. The monoisotopic (exact) mass is 244 g/mol. The van der Waals surface area contributed by atoms with E-state index in [0.717, 1.165) is 9.46 Å². The fourth-order valence-electron chi connectivity index (χ4n) is 1.05. The summed E-state index contributed by atoms with van der Waals surface area (Å²) in [5, 5.41) is 19.6. The van der Waals surface area contributed by atoms with E-state index in [4.69, 9.17) is 4.94 Å². The molecule has 2 heterocycles. The van der Waals surface area contributed by atoms with Crippen molar-refractivity contribution >= 4 is 25.3 Å². The largest absolute Gasteiger partial charge is 0.492 e. The summed E-state index contributed by atoms with van der Waals surface area (Å²) in [6.07, 6.45) is 0. The molecule has 0 spiro atoms. The molecule has 2 aromatic rings. The third-order valence-electron chi connectivity index (χ3n) is 1.76. The van der Waals surface area contributed by atoms with Gasteiger partial charge in [-0.1, -0.05) is 0 Å². The highest BCUT2D eigenvalue weighted by Crippen LogP contribution is 2.21. The quantitative estimate of drug-likeness (QED) is 0.600. The second kappa shape index (κ2) is 3.67. The molecule has 0 saturated heterocycles. The lowest BCUT2D eigenvalue weighted by Crippen LogP contribution is -2.17. The average Bonchev–Trinajstić information content (AvgIpc) is 2.67. The molecule has 2 aromatic heterocycles. The molecule has 0 atom stereocenters. The van der Waals surface area contributed by atoms with Gasteiger partial charge in [0, 0.05) is 12.1 Å². The maximum atomic E-state index is 9.38. The Labute approximate surface area is 96.2 Å². The normalized spacial score (nSPS) is 10.5. The molecule has 0 fully saturated rings. The summed E-state index contributed by atoms with van der Waals surface area (Å²) in [6.45, 7) is 0. The Kier molecular flexibility index (Phi) is 2.49. The number of thiol groups is 2. The van der Waals surface area contributed by atoms with Gasteiger partial charge in [-0.3, -0.25) is 4.94 Å². The van der Waals surface area contributed by atoms with Crippen LogP contribution in [0.25, 0.3) is 0 Å². The molecule has 0 aromatic carbocycles. The van der Waals surface area contributed by atoms with E-state index in [9.17, 15) is 10.2 Å². The minimum atomic E-state index is -0.124. The predicted molar refractivity (Wildman–Crippen MR) is 58.7 cm³/mol. The molecule has 0 radical (unpaired) electrons. The van der Waals surface area contributed by atoms with E-state index < -0.39 is 0 Å². The van der Waals surface area contributed by atoms with Gasteiger partial charge in [-0.15, -0.1) is 34.7 Å². The molecule has 0 unspecified atom stereocenters. The SMILES string of the molecule is Oc1ccc(S)n1On1c(O)ccc1S. The number of rotatable bonds is 2. The van der Waals surface area contributed by atoms with Crippen molar-refractivity contribution < 1.29 is 15.2 Å². The van der Waals surface area contributed by atoms with E-state index in [0.29, 0.717) is 10.1 Å². The average molecular weight is 244 g/mol. The maximum absolute atomic E-state index is 9.38. The summed E-state index contributed by atoms with van der Waals surface area (Å²) in [6, 6.07) is 5.94. The molecule has 80 valence electrons. The van der Waals surface area contributed by atoms with Gasteiger partial charge in [-0.05, 0) is 12.1 Å². The van der Waals surface area contributed by atoms with Gasteiger partial charge in [-0.25, -0.2) is 0 Å². The lowest BCUT2D eigenvalue weighted by Gasteiger charge is -2.10. The third-order valence-corrected chi connectivity index (χ3v) is 2.42. The van der Waals surface area contributed by atoms with Crippen LogP contribution in [0, 0.1) is 0 Å². The van der Waals surface area contributed by atoms with Crippen LogP contribution in [0.3, 0.4) is 0 Å². The smallest absolute Gasteiger partial charge is 0.229 e. The summed E-state index contributed by atoms with van der Waals surface area (Å²) >= 11 is 8.11. The van der Waals surface area contributed by atoms with Crippen LogP contribution in [0.2, 0.25) is 0 Å². The first-order valence-electron chi connectivity index (χ1n) is 3.98. The van der Waals surface area contributed by atoms with E-state index in [1.54, 1.807) is 12.1 Å². The predicted octanol–water partition coefficient (Wildman–Crippen LogP) is 1.17. The van der Waals surface area contributed by atoms with Crippen molar-refractivity contribution in [3.63, 3.8) is 0 Å². The maximum Gasteiger partial charge on any atom is 0.229 e. The Hall–Kier alpha value is -1.34. The molecule has 7 heteroatoms. The highest BCUT2D eigenvalue weighted by Gasteiger charge is 2.10. The van der Waals surface area contributed by atoms with Crippen LogP contribution < -0.4 is 4.94 Å². The number of hydrogen-bond donors (Lipinski definition) is 4. The molecule has 0 aliphatic rings. The zero-order valence-electron chi connectivity index (χ0n) is 7.40. The molecule has 2 N–H and O–H groups in total. The molecule has 15 heavy (non-hydrogen) atoms. The molecule has 5 nitrogen and oxygen atoms in total. The topological polar surface area (TPSA) is 59.5 Å². The van der Waals surface area contributed by atoms with Gasteiger partial charge in [0.1, 0.15) is 10.1 Å². The van der Waals surface area contributed by atoms with Gasteiger partial charge in [0.05, 0.1) is 0 Å². The van der Waals surface area contributed by atoms with Crippen molar-refractivity contribution in [3.05, 3.63) is 24.3 Å². The van der Waals surface area contributed by atoms with Gasteiger partial charge < -0.3 is 10.2 Å². The van der Waals surface area contributed by atoms with Crippen LogP contribution in [0.4, 0.5) is 0 Å². The summed E-state index contributed by atoms with van der Waals surface area (Å²) in [7, 11) is 0. The second-order valence-corrected chi connectivity index (χ2v) is 3.69. The molecule has 0 bridgehead atoms. The highest BCUT2D eigenvalue weighted by molar-refractivity contribution is 7.80. The van der Waals surface area contributed by atoms with E-state index in [1.165, 1.54) is 12.1 Å². The molecular formula is C8H8N2O3S2. The number of aromatic nitrogens is 2. The Morgan fingerprint density at radius 3 is 1.53 bits per heavy atom. The van der Waals surface area contributed by atoms with Crippen LogP contribution in [0.1, 0.15) is 0 Å². The van der Waals surface area contributed by atoms with Crippen LogP contribution in [-0.4, -0.2) is 19.7 Å². The summed E-state index contributed by atoms with van der Waals surface area (Å²) < 4.78 is 2.09.